The van der Waals surface area contributed by atoms with Crippen LogP contribution in [0.5, 0.6) is 0 Å². The molecular formula is C8H14F3NO. The van der Waals surface area contributed by atoms with Crippen LogP contribution in [-0.2, 0) is 0 Å². The molecule has 1 fully saturated rings. The fourth-order valence-electron chi connectivity index (χ4n) is 1.52. The molecule has 0 spiro atoms. The van der Waals surface area contributed by atoms with E-state index in [4.69, 9.17) is 5.11 Å². The lowest BCUT2D eigenvalue weighted by atomic mass is 10.2. The van der Waals surface area contributed by atoms with Crippen LogP contribution in [0.1, 0.15) is 25.7 Å². The molecule has 1 aliphatic rings. The highest BCUT2D eigenvalue weighted by Crippen LogP contribution is 2.21. The van der Waals surface area contributed by atoms with Gasteiger partial charge in [0.15, 0.2) is 6.10 Å². The zero-order chi connectivity index (χ0) is 9.90. The van der Waals surface area contributed by atoms with Gasteiger partial charge in [0, 0.05) is 12.6 Å². The van der Waals surface area contributed by atoms with Crippen LogP contribution in [-0.4, -0.2) is 30.0 Å². The van der Waals surface area contributed by atoms with E-state index < -0.39 is 12.3 Å². The maximum Gasteiger partial charge on any atom is 0.415 e. The molecule has 13 heavy (non-hydrogen) atoms. The topological polar surface area (TPSA) is 32.3 Å². The molecule has 0 amide bonds. The van der Waals surface area contributed by atoms with Gasteiger partial charge >= 0.3 is 6.18 Å². The van der Waals surface area contributed by atoms with Gasteiger partial charge in [-0.3, -0.25) is 0 Å². The van der Waals surface area contributed by atoms with E-state index in [-0.39, 0.29) is 12.6 Å². The van der Waals surface area contributed by atoms with Gasteiger partial charge in [0.05, 0.1) is 0 Å². The maximum absolute atomic E-state index is 11.8. The fraction of sp³-hybridized carbons (Fsp3) is 1.00. The minimum absolute atomic E-state index is 0.164. The number of hydrogen-bond donors (Lipinski definition) is 2. The summed E-state index contributed by atoms with van der Waals surface area (Å²) >= 11 is 0. The standard InChI is InChI=1S/C8H14F3NO/c9-8(10,11)7(13)5-12-6-3-1-2-4-6/h6-7,12-13H,1-5H2. The Kier molecular flexibility index (Phi) is 3.55. The first-order valence-corrected chi connectivity index (χ1v) is 4.48. The molecular weight excluding hydrogens is 183 g/mol. The van der Waals surface area contributed by atoms with Crippen molar-refractivity contribution >= 4 is 0 Å². The second-order valence-corrected chi connectivity index (χ2v) is 3.45. The molecule has 2 nitrogen and oxygen atoms in total. The number of hydrogen-bond acceptors (Lipinski definition) is 2. The van der Waals surface area contributed by atoms with E-state index in [9.17, 15) is 13.2 Å². The van der Waals surface area contributed by atoms with Crippen LogP contribution in [0.25, 0.3) is 0 Å². The summed E-state index contributed by atoms with van der Waals surface area (Å²) < 4.78 is 35.5. The van der Waals surface area contributed by atoms with Gasteiger partial charge in [0.25, 0.3) is 0 Å². The molecule has 0 radical (unpaired) electrons. The molecule has 5 heteroatoms. The van der Waals surface area contributed by atoms with E-state index in [2.05, 4.69) is 5.32 Å². The van der Waals surface area contributed by atoms with Gasteiger partial charge in [-0.15, -0.1) is 0 Å². The molecule has 1 rings (SSSR count). The lowest BCUT2D eigenvalue weighted by Gasteiger charge is -2.18. The summed E-state index contributed by atoms with van der Waals surface area (Å²) in [6.45, 7) is -0.381. The Bertz CT molecular complexity index is 154. The van der Waals surface area contributed by atoms with Crippen LogP contribution in [0.2, 0.25) is 0 Å². The van der Waals surface area contributed by atoms with Crippen LogP contribution in [0.4, 0.5) is 13.2 Å². The molecule has 0 bridgehead atoms. The molecule has 1 unspecified atom stereocenters. The van der Waals surface area contributed by atoms with Crippen molar-refractivity contribution in [1.29, 1.82) is 0 Å². The average Bonchev–Trinajstić information content (AvgIpc) is 2.50. The van der Waals surface area contributed by atoms with Gasteiger partial charge in [0.2, 0.25) is 0 Å². The lowest BCUT2D eigenvalue weighted by Crippen LogP contribution is -2.41. The Labute approximate surface area is 75.1 Å². The third-order valence-corrected chi connectivity index (χ3v) is 2.33. The third-order valence-electron chi connectivity index (χ3n) is 2.33. The van der Waals surface area contributed by atoms with Crippen molar-refractivity contribution in [2.45, 2.75) is 44.0 Å². The smallest absolute Gasteiger partial charge is 0.382 e. The highest BCUT2D eigenvalue weighted by atomic mass is 19.4. The Morgan fingerprint density at radius 1 is 1.31 bits per heavy atom. The number of aliphatic hydroxyl groups excluding tert-OH is 1. The minimum Gasteiger partial charge on any atom is -0.382 e. The molecule has 0 aromatic rings. The second-order valence-electron chi connectivity index (χ2n) is 3.45. The van der Waals surface area contributed by atoms with Crippen LogP contribution in [0.15, 0.2) is 0 Å². The fourth-order valence-corrected chi connectivity index (χ4v) is 1.52. The first-order valence-electron chi connectivity index (χ1n) is 4.48. The van der Waals surface area contributed by atoms with Crippen molar-refractivity contribution in [2.75, 3.05) is 6.54 Å². The number of alkyl halides is 3. The van der Waals surface area contributed by atoms with E-state index in [0.29, 0.717) is 0 Å². The molecule has 0 aromatic heterocycles. The Hall–Kier alpha value is -0.290. The summed E-state index contributed by atoms with van der Waals surface area (Å²) in [7, 11) is 0. The number of nitrogens with one attached hydrogen (secondary N) is 1. The van der Waals surface area contributed by atoms with Crippen LogP contribution in [0.3, 0.4) is 0 Å². The van der Waals surface area contributed by atoms with E-state index >= 15 is 0 Å². The average molecular weight is 197 g/mol. The van der Waals surface area contributed by atoms with Crippen molar-refractivity contribution in [3.8, 4) is 0 Å². The van der Waals surface area contributed by atoms with Crippen LogP contribution in [0, 0.1) is 0 Å². The van der Waals surface area contributed by atoms with Gasteiger partial charge in [-0.05, 0) is 12.8 Å². The van der Waals surface area contributed by atoms with Crippen molar-refractivity contribution < 1.29 is 18.3 Å². The van der Waals surface area contributed by atoms with E-state index in [1.54, 1.807) is 0 Å². The van der Waals surface area contributed by atoms with Crippen molar-refractivity contribution in [1.82, 2.24) is 5.32 Å². The normalized spacial score (nSPS) is 22.2. The summed E-state index contributed by atoms with van der Waals surface area (Å²) in [5.74, 6) is 0. The van der Waals surface area contributed by atoms with Gasteiger partial charge in [0.1, 0.15) is 0 Å². The number of aliphatic hydroxyl groups is 1. The van der Waals surface area contributed by atoms with Gasteiger partial charge in [-0.1, -0.05) is 12.8 Å². The predicted molar refractivity (Wildman–Crippen MR) is 42.3 cm³/mol. The highest BCUT2D eigenvalue weighted by molar-refractivity contribution is 4.77. The minimum atomic E-state index is -4.49. The van der Waals surface area contributed by atoms with Crippen molar-refractivity contribution in [2.24, 2.45) is 0 Å². The summed E-state index contributed by atoms with van der Waals surface area (Å²) in [5, 5.41) is 11.4. The lowest BCUT2D eigenvalue weighted by molar-refractivity contribution is -0.202. The summed E-state index contributed by atoms with van der Waals surface area (Å²) in [4.78, 5) is 0. The summed E-state index contributed by atoms with van der Waals surface area (Å²) in [5.41, 5.74) is 0. The molecule has 0 saturated heterocycles. The van der Waals surface area contributed by atoms with Crippen LogP contribution >= 0.6 is 0 Å². The van der Waals surface area contributed by atoms with E-state index in [1.165, 1.54) is 0 Å². The zero-order valence-electron chi connectivity index (χ0n) is 7.27. The molecule has 78 valence electrons. The van der Waals surface area contributed by atoms with Crippen LogP contribution < -0.4 is 5.32 Å². The van der Waals surface area contributed by atoms with Gasteiger partial charge in [-0.25, -0.2) is 0 Å². The van der Waals surface area contributed by atoms with E-state index in [0.717, 1.165) is 25.7 Å². The van der Waals surface area contributed by atoms with Gasteiger partial charge < -0.3 is 10.4 Å². The Balaban J connectivity index is 2.17. The quantitative estimate of drug-likeness (QED) is 0.717. The first kappa shape index (κ1) is 10.8. The molecule has 2 N–H and O–H groups in total. The molecule has 0 aliphatic heterocycles. The Morgan fingerprint density at radius 3 is 2.31 bits per heavy atom. The van der Waals surface area contributed by atoms with Crippen molar-refractivity contribution in [3.05, 3.63) is 0 Å². The van der Waals surface area contributed by atoms with E-state index in [1.807, 2.05) is 0 Å². The van der Waals surface area contributed by atoms with Crippen molar-refractivity contribution in [3.63, 3.8) is 0 Å². The summed E-state index contributed by atoms with van der Waals surface area (Å²) in [6.07, 6.45) is -2.74. The Morgan fingerprint density at radius 2 is 1.85 bits per heavy atom. The number of rotatable bonds is 3. The highest BCUT2D eigenvalue weighted by Gasteiger charge is 2.38. The predicted octanol–water partition coefficient (Wildman–Crippen LogP) is 1.44. The third kappa shape index (κ3) is 3.52. The van der Waals surface area contributed by atoms with Gasteiger partial charge in [-0.2, -0.15) is 13.2 Å². The molecule has 1 aliphatic carbocycles. The molecule has 0 aromatic carbocycles. The SMILES string of the molecule is OC(CNC1CCCC1)C(F)(F)F. The maximum atomic E-state index is 11.8. The first-order chi connectivity index (χ1) is 6.00. The zero-order valence-corrected chi connectivity index (χ0v) is 7.27. The summed E-state index contributed by atoms with van der Waals surface area (Å²) in [6, 6.07) is 0.164. The largest absolute Gasteiger partial charge is 0.415 e. The molecule has 1 atom stereocenters. The molecule has 0 heterocycles. The number of halogens is 3. The molecule has 1 saturated carbocycles. The monoisotopic (exact) mass is 197 g/mol. The second kappa shape index (κ2) is 4.28.